The number of nitrogen functional groups attached to an aromatic ring is 1. The smallest absolute Gasteiger partial charge is 0.143 e. The average molecular weight is 244 g/mol. The molecule has 0 aromatic carbocycles. The summed E-state index contributed by atoms with van der Waals surface area (Å²) in [4.78, 5) is 3.93. The first-order valence-electron chi connectivity index (χ1n) is 6.43. The monoisotopic (exact) mass is 244 g/mol. The second-order valence-electron chi connectivity index (χ2n) is 5.70. The summed E-state index contributed by atoms with van der Waals surface area (Å²) in [6, 6.07) is 3.92. The summed E-state index contributed by atoms with van der Waals surface area (Å²) in [6.07, 6.45) is 5.62. The van der Waals surface area contributed by atoms with Gasteiger partial charge in [-0.1, -0.05) is 20.3 Å². The van der Waals surface area contributed by atoms with Crippen molar-refractivity contribution in [1.82, 2.24) is 4.98 Å². The maximum absolute atomic E-state index is 9.09. The number of anilines is 2. The quantitative estimate of drug-likeness (QED) is 0.854. The van der Waals surface area contributed by atoms with Crippen LogP contribution in [0, 0.1) is 22.7 Å². The third-order valence-corrected chi connectivity index (χ3v) is 4.04. The Morgan fingerprint density at radius 2 is 2.28 bits per heavy atom. The van der Waals surface area contributed by atoms with Gasteiger partial charge in [-0.15, -0.1) is 0 Å². The van der Waals surface area contributed by atoms with Crippen LogP contribution >= 0.6 is 0 Å². The van der Waals surface area contributed by atoms with Crippen molar-refractivity contribution in [1.29, 1.82) is 5.26 Å². The molecule has 1 aromatic rings. The van der Waals surface area contributed by atoms with Crippen LogP contribution in [0.5, 0.6) is 0 Å². The van der Waals surface area contributed by atoms with Gasteiger partial charge in [0.15, 0.2) is 0 Å². The number of aromatic nitrogens is 1. The van der Waals surface area contributed by atoms with Gasteiger partial charge in [0.2, 0.25) is 0 Å². The van der Waals surface area contributed by atoms with E-state index < -0.39 is 0 Å². The summed E-state index contributed by atoms with van der Waals surface area (Å²) in [5.74, 6) is 1.08. The van der Waals surface area contributed by atoms with Crippen molar-refractivity contribution in [3.8, 4) is 6.07 Å². The Bertz CT molecular complexity index is 469. The lowest BCUT2D eigenvalue weighted by Gasteiger charge is -2.40. The van der Waals surface area contributed by atoms with E-state index in [1.165, 1.54) is 19.3 Å². The lowest BCUT2D eigenvalue weighted by Crippen LogP contribution is -2.35. The Hall–Kier alpha value is -1.76. The second-order valence-corrected chi connectivity index (χ2v) is 5.70. The van der Waals surface area contributed by atoms with Crippen LogP contribution in [-0.4, -0.2) is 11.5 Å². The summed E-state index contributed by atoms with van der Waals surface area (Å²) < 4.78 is 0. The van der Waals surface area contributed by atoms with Crippen LogP contribution in [-0.2, 0) is 0 Å². The number of rotatable bonds is 4. The standard InChI is InChI=1S/C14H20N4/c1-14(2,10-4-3-5-10)9-18-12-6-7-17-13(16)11(12)8-15/h6-7,10H,3-5,9H2,1-2H3,(H3,16,17,18). The lowest BCUT2D eigenvalue weighted by molar-refractivity contribution is 0.134. The molecule has 96 valence electrons. The van der Waals surface area contributed by atoms with Gasteiger partial charge in [0.25, 0.3) is 0 Å². The number of nitriles is 1. The number of hydrogen-bond acceptors (Lipinski definition) is 4. The fourth-order valence-corrected chi connectivity index (χ4v) is 2.40. The number of hydrogen-bond donors (Lipinski definition) is 2. The molecule has 0 unspecified atom stereocenters. The maximum Gasteiger partial charge on any atom is 0.143 e. The molecular weight excluding hydrogens is 224 g/mol. The summed E-state index contributed by atoms with van der Waals surface area (Å²) in [5.41, 5.74) is 7.18. The average Bonchev–Trinajstić information content (AvgIpc) is 2.23. The van der Waals surface area contributed by atoms with E-state index in [9.17, 15) is 0 Å². The van der Waals surface area contributed by atoms with Gasteiger partial charge in [0.05, 0.1) is 5.69 Å². The molecule has 1 fully saturated rings. The van der Waals surface area contributed by atoms with E-state index in [-0.39, 0.29) is 5.41 Å². The molecule has 3 N–H and O–H groups in total. The van der Waals surface area contributed by atoms with Crippen molar-refractivity contribution in [2.75, 3.05) is 17.6 Å². The molecule has 0 atom stereocenters. The first kappa shape index (κ1) is 12.7. The van der Waals surface area contributed by atoms with E-state index in [0.717, 1.165) is 18.2 Å². The third-order valence-electron chi connectivity index (χ3n) is 4.04. The predicted octanol–water partition coefficient (Wildman–Crippen LogP) is 2.77. The molecule has 0 saturated heterocycles. The van der Waals surface area contributed by atoms with Crippen LogP contribution in [0.3, 0.4) is 0 Å². The van der Waals surface area contributed by atoms with Crippen molar-refractivity contribution >= 4 is 11.5 Å². The molecular formula is C14H20N4. The minimum atomic E-state index is 0.253. The molecule has 1 aliphatic carbocycles. The van der Waals surface area contributed by atoms with Crippen LogP contribution in [0.2, 0.25) is 0 Å². The second kappa shape index (κ2) is 4.85. The zero-order valence-corrected chi connectivity index (χ0v) is 11.0. The normalized spacial score (nSPS) is 15.8. The van der Waals surface area contributed by atoms with Crippen molar-refractivity contribution < 1.29 is 0 Å². The highest BCUT2D eigenvalue weighted by Gasteiger charge is 2.33. The van der Waals surface area contributed by atoms with Crippen molar-refractivity contribution in [3.63, 3.8) is 0 Å². The van der Waals surface area contributed by atoms with Crippen LogP contribution < -0.4 is 11.1 Å². The molecule has 0 bridgehead atoms. The predicted molar refractivity (Wildman–Crippen MR) is 73.0 cm³/mol. The Labute approximate surface area is 108 Å². The van der Waals surface area contributed by atoms with E-state index in [1.54, 1.807) is 6.20 Å². The minimum absolute atomic E-state index is 0.253. The number of nitrogens with one attached hydrogen (secondary N) is 1. The van der Waals surface area contributed by atoms with Crippen LogP contribution in [0.15, 0.2) is 12.3 Å². The van der Waals surface area contributed by atoms with E-state index in [2.05, 4.69) is 30.2 Å². The fraction of sp³-hybridized carbons (Fsp3) is 0.571. The molecule has 1 heterocycles. The van der Waals surface area contributed by atoms with Gasteiger partial charge in [-0.05, 0) is 30.2 Å². The zero-order chi connectivity index (χ0) is 13.2. The molecule has 1 aromatic heterocycles. The first-order chi connectivity index (χ1) is 8.54. The van der Waals surface area contributed by atoms with Crippen molar-refractivity contribution in [3.05, 3.63) is 17.8 Å². The number of nitrogens with two attached hydrogens (primary N) is 1. The number of nitrogens with zero attached hydrogens (tertiary/aromatic N) is 2. The largest absolute Gasteiger partial charge is 0.383 e. The fourth-order valence-electron chi connectivity index (χ4n) is 2.40. The van der Waals surface area contributed by atoms with Crippen LogP contribution in [0.4, 0.5) is 11.5 Å². The zero-order valence-electron chi connectivity index (χ0n) is 11.0. The Kier molecular flexibility index (Phi) is 3.42. The molecule has 4 heteroatoms. The summed E-state index contributed by atoms with van der Waals surface area (Å²) in [6.45, 7) is 5.41. The van der Waals surface area contributed by atoms with Crippen molar-refractivity contribution in [2.45, 2.75) is 33.1 Å². The molecule has 2 rings (SSSR count). The molecule has 0 aliphatic heterocycles. The van der Waals surface area contributed by atoms with E-state index in [4.69, 9.17) is 11.0 Å². The first-order valence-corrected chi connectivity index (χ1v) is 6.43. The molecule has 1 aliphatic rings. The van der Waals surface area contributed by atoms with Gasteiger partial charge in [0.1, 0.15) is 17.5 Å². The topological polar surface area (TPSA) is 74.7 Å². The number of pyridine rings is 1. The minimum Gasteiger partial charge on any atom is -0.383 e. The Morgan fingerprint density at radius 1 is 1.56 bits per heavy atom. The van der Waals surface area contributed by atoms with Gasteiger partial charge in [-0.2, -0.15) is 5.26 Å². The van der Waals surface area contributed by atoms with E-state index >= 15 is 0 Å². The van der Waals surface area contributed by atoms with Crippen LogP contribution in [0.25, 0.3) is 0 Å². The van der Waals surface area contributed by atoms with Gasteiger partial charge < -0.3 is 11.1 Å². The highest BCUT2D eigenvalue weighted by Crippen LogP contribution is 2.41. The summed E-state index contributed by atoms with van der Waals surface area (Å²) in [7, 11) is 0. The maximum atomic E-state index is 9.09. The molecule has 0 spiro atoms. The van der Waals surface area contributed by atoms with E-state index in [1.807, 2.05) is 6.07 Å². The lowest BCUT2D eigenvalue weighted by atomic mass is 9.67. The Balaban J connectivity index is 2.06. The van der Waals surface area contributed by atoms with Gasteiger partial charge in [-0.3, -0.25) is 0 Å². The molecule has 18 heavy (non-hydrogen) atoms. The van der Waals surface area contributed by atoms with Gasteiger partial charge in [-0.25, -0.2) is 4.98 Å². The Morgan fingerprint density at radius 3 is 2.83 bits per heavy atom. The highest BCUT2D eigenvalue weighted by molar-refractivity contribution is 5.65. The summed E-state index contributed by atoms with van der Waals surface area (Å²) in [5, 5.41) is 12.4. The highest BCUT2D eigenvalue weighted by atomic mass is 14.9. The molecule has 4 nitrogen and oxygen atoms in total. The van der Waals surface area contributed by atoms with E-state index in [0.29, 0.717) is 11.4 Å². The molecule has 0 radical (unpaired) electrons. The van der Waals surface area contributed by atoms with Gasteiger partial charge in [0, 0.05) is 12.7 Å². The molecule has 1 saturated carbocycles. The van der Waals surface area contributed by atoms with Crippen LogP contribution in [0.1, 0.15) is 38.7 Å². The summed E-state index contributed by atoms with van der Waals surface area (Å²) >= 11 is 0. The third kappa shape index (κ3) is 2.40. The molecule has 0 amide bonds. The van der Waals surface area contributed by atoms with Crippen molar-refractivity contribution in [2.24, 2.45) is 11.3 Å². The SMILES string of the molecule is CC(C)(CNc1ccnc(N)c1C#N)C1CCC1. The van der Waals surface area contributed by atoms with Gasteiger partial charge >= 0.3 is 0 Å².